The van der Waals surface area contributed by atoms with Gasteiger partial charge in [-0.15, -0.1) is 0 Å². The lowest BCUT2D eigenvalue weighted by atomic mass is 10.0. The molecule has 0 aliphatic carbocycles. The molecule has 0 aromatic heterocycles. The molecule has 18 heavy (non-hydrogen) atoms. The standard InChI is InChI=1S/C15H22N2O/c1-5-13(10-16)18-15-9-11(3)7-8-14(15)12(4)17-6-2/h7-9,12-13,17H,5-6H2,1-4H3. The summed E-state index contributed by atoms with van der Waals surface area (Å²) in [6, 6.07) is 8.55. The molecule has 3 heteroatoms. The minimum Gasteiger partial charge on any atom is -0.475 e. The lowest BCUT2D eigenvalue weighted by molar-refractivity contribution is 0.247. The molecule has 0 aliphatic heterocycles. The molecule has 1 rings (SSSR count). The molecule has 1 aromatic rings. The molecule has 0 amide bonds. The molecule has 1 aromatic carbocycles. The van der Waals surface area contributed by atoms with Crippen LogP contribution in [0.3, 0.4) is 0 Å². The first-order valence-electron chi connectivity index (χ1n) is 6.52. The van der Waals surface area contributed by atoms with E-state index in [1.165, 1.54) is 0 Å². The Morgan fingerprint density at radius 3 is 2.67 bits per heavy atom. The topological polar surface area (TPSA) is 45.0 Å². The van der Waals surface area contributed by atoms with Gasteiger partial charge >= 0.3 is 0 Å². The Morgan fingerprint density at radius 1 is 1.39 bits per heavy atom. The van der Waals surface area contributed by atoms with Crippen molar-refractivity contribution in [3.8, 4) is 11.8 Å². The van der Waals surface area contributed by atoms with Crippen LogP contribution in [0.2, 0.25) is 0 Å². The normalized spacial score (nSPS) is 13.7. The number of nitrogens with one attached hydrogen (secondary N) is 1. The smallest absolute Gasteiger partial charge is 0.184 e. The Hall–Kier alpha value is -1.53. The lowest BCUT2D eigenvalue weighted by Crippen LogP contribution is -2.20. The third-order valence-corrected chi connectivity index (χ3v) is 2.93. The van der Waals surface area contributed by atoms with Crippen LogP contribution < -0.4 is 10.1 Å². The zero-order chi connectivity index (χ0) is 13.5. The van der Waals surface area contributed by atoms with E-state index in [2.05, 4.69) is 37.4 Å². The molecule has 2 atom stereocenters. The Labute approximate surface area is 110 Å². The second kappa shape index (κ2) is 7.03. The molecule has 3 nitrogen and oxygen atoms in total. The number of nitrogens with zero attached hydrogens (tertiary/aromatic N) is 1. The van der Waals surface area contributed by atoms with E-state index < -0.39 is 0 Å². The summed E-state index contributed by atoms with van der Waals surface area (Å²) in [7, 11) is 0. The van der Waals surface area contributed by atoms with E-state index in [9.17, 15) is 0 Å². The molecule has 0 saturated heterocycles. The van der Waals surface area contributed by atoms with Gasteiger partial charge in [-0.05, 0) is 38.4 Å². The first-order valence-corrected chi connectivity index (χ1v) is 6.52. The number of aryl methyl sites for hydroxylation is 1. The zero-order valence-corrected chi connectivity index (χ0v) is 11.7. The second-order valence-electron chi connectivity index (χ2n) is 4.46. The zero-order valence-electron chi connectivity index (χ0n) is 11.7. The molecule has 98 valence electrons. The van der Waals surface area contributed by atoms with Crippen LogP contribution in [0.15, 0.2) is 18.2 Å². The third-order valence-electron chi connectivity index (χ3n) is 2.93. The highest BCUT2D eigenvalue weighted by Crippen LogP contribution is 2.27. The number of hydrogen-bond acceptors (Lipinski definition) is 3. The fourth-order valence-electron chi connectivity index (χ4n) is 1.87. The molecule has 0 fully saturated rings. The van der Waals surface area contributed by atoms with Gasteiger partial charge in [-0.3, -0.25) is 0 Å². The number of benzene rings is 1. The fraction of sp³-hybridized carbons (Fsp3) is 0.533. The quantitative estimate of drug-likeness (QED) is 0.837. The van der Waals surface area contributed by atoms with Crippen molar-refractivity contribution in [2.45, 2.75) is 46.3 Å². The summed E-state index contributed by atoms with van der Waals surface area (Å²) < 4.78 is 5.79. The van der Waals surface area contributed by atoms with Gasteiger partial charge in [-0.2, -0.15) is 5.26 Å². The van der Waals surface area contributed by atoms with Crippen molar-refractivity contribution in [2.24, 2.45) is 0 Å². The van der Waals surface area contributed by atoms with Crippen LogP contribution in [0.1, 0.15) is 44.4 Å². The summed E-state index contributed by atoms with van der Waals surface area (Å²) in [6.45, 7) is 9.08. The number of ether oxygens (including phenoxy) is 1. The second-order valence-corrected chi connectivity index (χ2v) is 4.46. The molecular weight excluding hydrogens is 224 g/mol. The summed E-state index contributed by atoms with van der Waals surface area (Å²) >= 11 is 0. The monoisotopic (exact) mass is 246 g/mol. The minimum absolute atomic E-state index is 0.224. The van der Waals surface area contributed by atoms with Crippen molar-refractivity contribution in [3.63, 3.8) is 0 Å². The fourth-order valence-corrected chi connectivity index (χ4v) is 1.87. The number of rotatable bonds is 6. The first kappa shape index (κ1) is 14.5. The molecule has 1 N–H and O–H groups in total. The van der Waals surface area contributed by atoms with Crippen LogP contribution in [0.4, 0.5) is 0 Å². The van der Waals surface area contributed by atoms with E-state index in [-0.39, 0.29) is 12.1 Å². The van der Waals surface area contributed by atoms with E-state index in [1.807, 2.05) is 19.9 Å². The minimum atomic E-state index is -0.376. The van der Waals surface area contributed by atoms with Crippen molar-refractivity contribution in [1.82, 2.24) is 5.32 Å². The van der Waals surface area contributed by atoms with E-state index in [1.54, 1.807) is 0 Å². The van der Waals surface area contributed by atoms with Crippen molar-refractivity contribution in [1.29, 1.82) is 5.26 Å². The maximum Gasteiger partial charge on any atom is 0.184 e. The van der Waals surface area contributed by atoms with E-state index in [0.29, 0.717) is 6.42 Å². The Kier molecular flexibility index (Phi) is 5.67. The molecule has 0 bridgehead atoms. The molecule has 0 spiro atoms. The largest absolute Gasteiger partial charge is 0.475 e. The lowest BCUT2D eigenvalue weighted by Gasteiger charge is -2.20. The highest BCUT2D eigenvalue weighted by atomic mass is 16.5. The Balaban J connectivity index is 3.00. The van der Waals surface area contributed by atoms with Crippen LogP contribution in [-0.2, 0) is 0 Å². The van der Waals surface area contributed by atoms with Crippen molar-refractivity contribution < 1.29 is 4.74 Å². The summed E-state index contributed by atoms with van der Waals surface area (Å²) in [5, 5.41) is 12.4. The molecule has 0 saturated carbocycles. The third kappa shape index (κ3) is 3.75. The van der Waals surface area contributed by atoms with Gasteiger partial charge in [0.2, 0.25) is 0 Å². The maximum absolute atomic E-state index is 9.00. The van der Waals surface area contributed by atoms with Gasteiger partial charge in [-0.25, -0.2) is 0 Å². The molecular formula is C15H22N2O. The van der Waals surface area contributed by atoms with Gasteiger partial charge in [0.25, 0.3) is 0 Å². The average Bonchev–Trinajstić information content (AvgIpc) is 2.36. The SMILES string of the molecule is CCNC(C)c1ccc(C)cc1OC(C#N)CC. The van der Waals surface area contributed by atoms with Crippen LogP contribution in [0, 0.1) is 18.3 Å². The summed E-state index contributed by atoms with van der Waals surface area (Å²) in [5.74, 6) is 0.817. The van der Waals surface area contributed by atoms with Gasteiger partial charge in [-0.1, -0.05) is 26.0 Å². The maximum atomic E-state index is 9.00. The van der Waals surface area contributed by atoms with Crippen molar-refractivity contribution in [2.75, 3.05) is 6.54 Å². The molecule has 0 heterocycles. The summed E-state index contributed by atoms with van der Waals surface area (Å²) in [6.07, 6.45) is 0.318. The van der Waals surface area contributed by atoms with Gasteiger partial charge in [0, 0.05) is 11.6 Å². The predicted octanol–water partition coefficient (Wildman–Crippen LogP) is 3.35. The Bertz CT molecular complexity index is 423. The summed E-state index contributed by atoms with van der Waals surface area (Å²) in [4.78, 5) is 0. The van der Waals surface area contributed by atoms with E-state index in [4.69, 9.17) is 10.00 Å². The molecule has 0 aliphatic rings. The van der Waals surface area contributed by atoms with Crippen molar-refractivity contribution >= 4 is 0 Å². The molecule has 2 unspecified atom stereocenters. The van der Waals surface area contributed by atoms with E-state index in [0.717, 1.165) is 23.4 Å². The van der Waals surface area contributed by atoms with E-state index >= 15 is 0 Å². The number of nitriles is 1. The highest BCUT2D eigenvalue weighted by molar-refractivity contribution is 5.39. The highest BCUT2D eigenvalue weighted by Gasteiger charge is 2.14. The van der Waals surface area contributed by atoms with Gasteiger partial charge in [0.15, 0.2) is 6.10 Å². The van der Waals surface area contributed by atoms with Gasteiger partial charge < -0.3 is 10.1 Å². The first-order chi connectivity index (χ1) is 8.62. The van der Waals surface area contributed by atoms with Crippen LogP contribution in [0.25, 0.3) is 0 Å². The predicted molar refractivity (Wildman–Crippen MR) is 73.6 cm³/mol. The van der Waals surface area contributed by atoms with Gasteiger partial charge in [0.05, 0.1) is 0 Å². The van der Waals surface area contributed by atoms with Crippen LogP contribution in [0.5, 0.6) is 5.75 Å². The van der Waals surface area contributed by atoms with Crippen molar-refractivity contribution in [3.05, 3.63) is 29.3 Å². The Morgan fingerprint density at radius 2 is 2.11 bits per heavy atom. The van der Waals surface area contributed by atoms with Crippen LogP contribution >= 0.6 is 0 Å². The number of hydrogen-bond donors (Lipinski definition) is 1. The molecule has 0 radical (unpaired) electrons. The average molecular weight is 246 g/mol. The van der Waals surface area contributed by atoms with Gasteiger partial charge in [0.1, 0.15) is 11.8 Å². The van der Waals surface area contributed by atoms with Crippen LogP contribution in [-0.4, -0.2) is 12.6 Å². The summed E-state index contributed by atoms with van der Waals surface area (Å²) in [5.41, 5.74) is 2.25.